The van der Waals surface area contributed by atoms with Gasteiger partial charge in [-0.3, -0.25) is 0 Å². The number of rotatable bonds is 5. The Kier molecular flexibility index (Phi) is 5.28. The second-order valence-corrected chi connectivity index (χ2v) is 8.90. The molecule has 0 bridgehead atoms. The highest BCUT2D eigenvalue weighted by Gasteiger charge is 2.19. The van der Waals surface area contributed by atoms with Crippen LogP contribution in [0.5, 0.6) is 0 Å². The molecule has 0 saturated carbocycles. The van der Waals surface area contributed by atoms with Gasteiger partial charge in [0, 0.05) is 17.5 Å². The highest BCUT2D eigenvalue weighted by Crippen LogP contribution is 2.35. The van der Waals surface area contributed by atoms with Gasteiger partial charge in [0.1, 0.15) is 5.69 Å². The van der Waals surface area contributed by atoms with Crippen molar-refractivity contribution in [3.63, 3.8) is 0 Å². The van der Waals surface area contributed by atoms with E-state index in [9.17, 15) is 8.42 Å². The fourth-order valence-corrected chi connectivity index (χ4v) is 3.89. The first kappa shape index (κ1) is 20.1. The van der Waals surface area contributed by atoms with Gasteiger partial charge in [-0.25, -0.2) is 18.5 Å². The first-order valence-corrected chi connectivity index (χ1v) is 11.1. The summed E-state index contributed by atoms with van der Waals surface area (Å²) in [6.07, 6.45) is 0.563. The lowest BCUT2D eigenvalue weighted by Gasteiger charge is -2.07. The van der Waals surface area contributed by atoms with Crippen LogP contribution in [-0.2, 0) is 16.4 Å². The summed E-state index contributed by atoms with van der Waals surface area (Å²) in [4.78, 5) is 4.87. The van der Waals surface area contributed by atoms with Crippen LogP contribution in [-0.4, -0.2) is 13.4 Å². The van der Waals surface area contributed by atoms with Crippen molar-refractivity contribution in [3.05, 3.63) is 95.4 Å². The highest BCUT2D eigenvalue weighted by molar-refractivity contribution is 7.89. The molecule has 0 amide bonds. The van der Waals surface area contributed by atoms with Crippen molar-refractivity contribution >= 4 is 10.0 Å². The number of hydrogen-bond donors (Lipinski definition) is 1. The van der Waals surface area contributed by atoms with E-state index in [0.717, 1.165) is 33.5 Å². The van der Waals surface area contributed by atoms with Crippen LogP contribution in [0.25, 0.3) is 22.6 Å². The first-order valence-electron chi connectivity index (χ1n) is 9.56. The maximum Gasteiger partial charge on any atom is 0.238 e. The zero-order valence-electron chi connectivity index (χ0n) is 16.8. The lowest BCUT2D eigenvalue weighted by molar-refractivity contribution is 0.519. The van der Waals surface area contributed by atoms with Gasteiger partial charge in [-0.1, -0.05) is 48.0 Å². The summed E-state index contributed by atoms with van der Waals surface area (Å²) in [6, 6.07) is 22.6. The third kappa shape index (κ3) is 4.20. The maximum atomic E-state index is 11.6. The quantitative estimate of drug-likeness (QED) is 0.501. The van der Waals surface area contributed by atoms with Crippen LogP contribution < -0.4 is 5.14 Å². The van der Waals surface area contributed by atoms with E-state index in [2.05, 4.69) is 18.2 Å². The van der Waals surface area contributed by atoms with Crippen molar-refractivity contribution in [2.75, 3.05) is 0 Å². The van der Waals surface area contributed by atoms with E-state index in [1.807, 2.05) is 44.2 Å². The SMILES string of the molecule is Cc1ccc(C)c(-c2nc(Cc3ccccc3)oc2-c2ccc(S(N)(=O)=O)cc2)c1. The van der Waals surface area contributed by atoms with E-state index in [4.69, 9.17) is 14.5 Å². The second-order valence-electron chi connectivity index (χ2n) is 7.34. The molecule has 0 saturated heterocycles. The Morgan fingerprint density at radius 1 is 0.933 bits per heavy atom. The van der Waals surface area contributed by atoms with Crippen molar-refractivity contribution in [2.24, 2.45) is 5.14 Å². The topological polar surface area (TPSA) is 86.2 Å². The Morgan fingerprint density at radius 2 is 1.63 bits per heavy atom. The zero-order chi connectivity index (χ0) is 21.3. The Morgan fingerprint density at radius 3 is 2.30 bits per heavy atom. The largest absolute Gasteiger partial charge is 0.440 e. The number of primary sulfonamides is 1. The van der Waals surface area contributed by atoms with Gasteiger partial charge in [0.05, 0.1) is 4.90 Å². The number of hydrogen-bond acceptors (Lipinski definition) is 4. The molecule has 1 heterocycles. The summed E-state index contributed by atoms with van der Waals surface area (Å²) in [5, 5.41) is 5.23. The highest BCUT2D eigenvalue weighted by atomic mass is 32.2. The van der Waals surface area contributed by atoms with Crippen LogP contribution >= 0.6 is 0 Å². The normalized spacial score (nSPS) is 11.6. The van der Waals surface area contributed by atoms with Crippen LogP contribution in [0.3, 0.4) is 0 Å². The van der Waals surface area contributed by atoms with Crippen LogP contribution in [0.1, 0.15) is 22.6 Å². The molecule has 1 aromatic heterocycles. The molecule has 4 rings (SSSR count). The Labute approximate surface area is 176 Å². The molecular weight excluding hydrogens is 396 g/mol. The van der Waals surface area contributed by atoms with Gasteiger partial charge in [0.15, 0.2) is 11.7 Å². The molecule has 0 atom stereocenters. The molecule has 6 heteroatoms. The van der Waals surface area contributed by atoms with E-state index in [1.165, 1.54) is 12.1 Å². The number of nitrogens with two attached hydrogens (primary N) is 1. The summed E-state index contributed by atoms with van der Waals surface area (Å²) in [5.74, 6) is 1.21. The Bertz CT molecular complexity index is 1290. The zero-order valence-corrected chi connectivity index (χ0v) is 17.6. The maximum absolute atomic E-state index is 11.6. The number of nitrogens with zero attached hydrogens (tertiary/aromatic N) is 1. The number of aromatic nitrogens is 1. The molecule has 0 aliphatic heterocycles. The molecule has 152 valence electrons. The molecular formula is C24H22N2O3S. The summed E-state index contributed by atoms with van der Waals surface area (Å²) < 4.78 is 29.4. The summed E-state index contributed by atoms with van der Waals surface area (Å²) >= 11 is 0. The summed E-state index contributed by atoms with van der Waals surface area (Å²) in [5.41, 5.74) is 5.78. The molecule has 0 spiro atoms. The minimum Gasteiger partial charge on any atom is -0.440 e. The van der Waals surface area contributed by atoms with Gasteiger partial charge >= 0.3 is 0 Å². The number of aryl methyl sites for hydroxylation is 2. The third-order valence-corrected chi connectivity index (χ3v) is 5.89. The molecule has 30 heavy (non-hydrogen) atoms. The molecule has 4 aromatic rings. The van der Waals surface area contributed by atoms with Crippen molar-refractivity contribution in [3.8, 4) is 22.6 Å². The summed E-state index contributed by atoms with van der Waals surface area (Å²) in [7, 11) is -3.76. The second kappa shape index (κ2) is 7.89. The first-order chi connectivity index (χ1) is 14.3. The van der Waals surface area contributed by atoms with Crippen LogP contribution in [0.2, 0.25) is 0 Å². The van der Waals surface area contributed by atoms with E-state index in [0.29, 0.717) is 18.1 Å². The molecule has 0 fully saturated rings. The van der Waals surface area contributed by atoms with Gasteiger partial charge in [0.25, 0.3) is 0 Å². The van der Waals surface area contributed by atoms with E-state index in [-0.39, 0.29) is 4.90 Å². The van der Waals surface area contributed by atoms with Crippen molar-refractivity contribution in [2.45, 2.75) is 25.2 Å². The smallest absolute Gasteiger partial charge is 0.238 e. The fraction of sp³-hybridized carbons (Fsp3) is 0.125. The van der Waals surface area contributed by atoms with Gasteiger partial charge in [-0.05, 0) is 55.3 Å². The van der Waals surface area contributed by atoms with Gasteiger partial charge in [-0.2, -0.15) is 0 Å². The Balaban J connectivity index is 1.84. The van der Waals surface area contributed by atoms with Gasteiger partial charge in [0.2, 0.25) is 10.0 Å². The average Bonchev–Trinajstić information content (AvgIpc) is 3.13. The van der Waals surface area contributed by atoms with Gasteiger partial charge < -0.3 is 4.42 Å². The Hall–Kier alpha value is -3.22. The number of benzene rings is 3. The lowest BCUT2D eigenvalue weighted by atomic mass is 10.00. The minimum absolute atomic E-state index is 0.0589. The average molecular weight is 419 g/mol. The molecule has 5 nitrogen and oxygen atoms in total. The van der Waals surface area contributed by atoms with E-state index >= 15 is 0 Å². The molecule has 3 aromatic carbocycles. The van der Waals surface area contributed by atoms with Crippen molar-refractivity contribution in [1.82, 2.24) is 4.98 Å². The van der Waals surface area contributed by atoms with Crippen molar-refractivity contribution < 1.29 is 12.8 Å². The molecule has 0 unspecified atom stereocenters. The van der Waals surface area contributed by atoms with Crippen molar-refractivity contribution in [1.29, 1.82) is 0 Å². The number of sulfonamides is 1. The predicted octanol–water partition coefficient (Wildman–Crippen LogP) is 4.86. The molecule has 0 radical (unpaired) electrons. The van der Waals surface area contributed by atoms with Crippen LogP contribution in [0.4, 0.5) is 0 Å². The van der Waals surface area contributed by atoms with Crippen LogP contribution in [0.15, 0.2) is 82.1 Å². The fourth-order valence-electron chi connectivity index (χ4n) is 3.38. The van der Waals surface area contributed by atoms with E-state index in [1.54, 1.807) is 12.1 Å². The van der Waals surface area contributed by atoms with E-state index < -0.39 is 10.0 Å². The molecule has 0 aliphatic carbocycles. The standard InChI is InChI=1S/C24H22N2O3S/c1-16-8-9-17(2)21(14-16)23-24(19-10-12-20(13-11-19)30(25,27)28)29-22(26-23)15-18-6-4-3-5-7-18/h3-14H,15H2,1-2H3,(H2,25,27,28). The lowest BCUT2D eigenvalue weighted by Crippen LogP contribution is -2.11. The van der Waals surface area contributed by atoms with Crippen LogP contribution in [0, 0.1) is 13.8 Å². The van der Waals surface area contributed by atoms with Gasteiger partial charge in [-0.15, -0.1) is 0 Å². The number of oxazole rings is 1. The predicted molar refractivity (Wildman–Crippen MR) is 117 cm³/mol. The third-order valence-electron chi connectivity index (χ3n) is 4.96. The monoisotopic (exact) mass is 418 g/mol. The molecule has 0 aliphatic rings. The minimum atomic E-state index is -3.76. The molecule has 2 N–H and O–H groups in total. The summed E-state index contributed by atoms with van der Waals surface area (Å²) in [6.45, 7) is 4.07.